The zero-order valence-electron chi connectivity index (χ0n) is 37.2. The van der Waals surface area contributed by atoms with Crippen molar-refractivity contribution in [1.29, 1.82) is 0 Å². The van der Waals surface area contributed by atoms with E-state index in [0.29, 0.717) is 58.3 Å². The molecule has 4 aromatic heterocycles. The van der Waals surface area contributed by atoms with Crippen molar-refractivity contribution in [3.05, 3.63) is 78.8 Å². The number of rotatable bonds is 15. The van der Waals surface area contributed by atoms with Crippen LogP contribution in [0.2, 0.25) is 51.4 Å². The van der Waals surface area contributed by atoms with Gasteiger partial charge in [0.25, 0.3) is 5.91 Å². The molecule has 1 aromatic carbocycles. The van der Waals surface area contributed by atoms with Gasteiger partial charge < -0.3 is 28.9 Å². The Bertz CT molecular complexity index is 2210. The molecule has 2 fully saturated rings. The quantitative estimate of drug-likeness (QED) is 0.0618. The van der Waals surface area contributed by atoms with Crippen molar-refractivity contribution in [1.82, 2.24) is 44.6 Å². The Hall–Kier alpha value is -4.98. The number of likely N-dealkylation sites (tertiary alicyclic amines) is 1. The fraction of sp³-hybridized carbons (Fsp3) is 0.523. The lowest BCUT2D eigenvalue weighted by Crippen LogP contribution is -2.65. The van der Waals surface area contributed by atoms with Gasteiger partial charge in [-0.3, -0.25) is 14.9 Å². The van der Waals surface area contributed by atoms with Gasteiger partial charge in [-0.05, 0) is 51.8 Å². The Morgan fingerprint density at radius 2 is 1.51 bits per heavy atom. The number of amides is 2. The molecule has 3 atom stereocenters. The summed E-state index contributed by atoms with van der Waals surface area (Å²) in [6, 6.07) is 17.8. The molecule has 2 bridgehead atoms. The SMILES string of the molecule is CC(C)(C)OC(=O)N1C[C@H]2CC(c3cc(N(COCC[Si](C)(C)C)COCC[Si](C)(C)C)n4ncc(-c5ccc(-c6ccccc6)nc5)c4n3)C[C@@H](C1)N2C(=O)c1ncn[nH]1. The summed E-state index contributed by atoms with van der Waals surface area (Å²) in [4.78, 5) is 47.6. The molecule has 0 saturated carbocycles. The molecule has 326 valence electrons. The van der Waals surface area contributed by atoms with Crippen LogP contribution in [0, 0.1) is 0 Å². The van der Waals surface area contributed by atoms with Crippen molar-refractivity contribution in [2.45, 2.75) is 109 Å². The summed E-state index contributed by atoms with van der Waals surface area (Å²) in [6.45, 7) is 22.3. The Morgan fingerprint density at radius 1 is 0.852 bits per heavy atom. The topological polar surface area (TPSA) is 156 Å². The van der Waals surface area contributed by atoms with E-state index in [1.54, 1.807) is 4.90 Å². The summed E-state index contributed by atoms with van der Waals surface area (Å²) in [5.74, 6) is 0.695. The second kappa shape index (κ2) is 18.2. The molecule has 0 aliphatic carbocycles. The van der Waals surface area contributed by atoms with Gasteiger partial charge in [-0.2, -0.15) is 14.7 Å². The minimum absolute atomic E-state index is 0.0536. The minimum atomic E-state index is -1.34. The predicted molar refractivity (Wildman–Crippen MR) is 242 cm³/mol. The van der Waals surface area contributed by atoms with Crippen molar-refractivity contribution in [2.75, 3.05) is 44.7 Å². The standard InChI is InChI=1S/C44H62N10O5Si2/c1-44(2,3)59-43(56)51-26-34-21-33(22-35(27-51)53(34)42(55)40-46-28-47-50-40)38-23-39(52(29-57-17-19-60(4,5)6)30-58-18-20-61(7,8)9)54-41(49-38)36(25-48-54)32-15-16-37(45-24-32)31-13-11-10-12-14-31/h10-16,23-25,28,33-35H,17-22,26-27,29-30H2,1-9H3,(H,46,47,50)/t33?,34-,35+. The molecule has 2 aliphatic rings. The van der Waals surface area contributed by atoms with Gasteiger partial charge in [-0.25, -0.2) is 14.8 Å². The lowest BCUT2D eigenvalue weighted by molar-refractivity contribution is -0.0264. The number of H-pyrrole nitrogens is 1. The van der Waals surface area contributed by atoms with Crippen LogP contribution in [0.3, 0.4) is 0 Å². The average molecular weight is 867 g/mol. The van der Waals surface area contributed by atoms with Crippen LogP contribution in [-0.4, -0.2) is 130 Å². The molecule has 5 aromatic rings. The van der Waals surface area contributed by atoms with Crippen LogP contribution in [0.5, 0.6) is 0 Å². The highest BCUT2D eigenvalue weighted by Crippen LogP contribution is 2.40. The highest BCUT2D eigenvalue weighted by atomic mass is 28.3. The van der Waals surface area contributed by atoms with Gasteiger partial charge in [0.1, 0.15) is 31.2 Å². The number of carbonyl (C=O) groups is 2. The van der Waals surface area contributed by atoms with Crippen LogP contribution in [0.4, 0.5) is 10.6 Å². The van der Waals surface area contributed by atoms with Crippen LogP contribution in [0.1, 0.15) is 55.8 Å². The molecule has 6 heterocycles. The Morgan fingerprint density at radius 3 is 2.07 bits per heavy atom. The number of benzene rings is 1. The van der Waals surface area contributed by atoms with Gasteiger partial charge in [0.05, 0.1) is 24.0 Å². The highest BCUT2D eigenvalue weighted by molar-refractivity contribution is 6.76. The lowest BCUT2D eigenvalue weighted by Gasteiger charge is -2.51. The number of fused-ring (bicyclic) bond motifs is 3. The summed E-state index contributed by atoms with van der Waals surface area (Å²) in [6.07, 6.45) is 5.82. The first kappa shape index (κ1) is 44.1. The van der Waals surface area contributed by atoms with E-state index < -0.39 is 21.7 Å². The fourth-order valence-corrected chi connectivity index (χ4v) is 9.39. The molecular formula is C44H62N10O5Si2. The molecule has 1 N–H and O–H groups in total. The van der Waals surface area contributed by atoms with E-state index in [2.05, 4.69) is 83.6 Å². The largest absolute Gasteiger partial charge is 0.444 e. The maximum absolute atomic E-state index is 14.0. The first-order valence-electron chi connectivity index (χ1n) is 21.4. The van der Waals surface area contributed by atoms with Crippen LogP contribution in [0.15, 0.2) is 67.3 Å². The van der Waals surface area contributed by atoms with Crippen molar-refractivity contribution in [3.8, 4) is 22.4 Å². The summed E-state index contributed by atoms with van der Waals surface area (Å²) in [7, 11) is -2.67. The molecule has 0 radical (unpaired) electrons. The maximum Gasteiger partial charge on any atom is 0.410 e. The molecule has 17 heteroatoms. The van der Waals surface area contributed by atoms with E-state index >= 15 is 0 Å². The van der Waals surface area contributed by atoms with Crippen LogP contribution >= 0.6 is 0 Å². The number of nitrogens with one attached hydrogen (secondary N) is 1. The Balaban J connectivity index is 1.27. The number of hydrogen-bond donors (Lipinski definition) is 1. The minimum Gasteiger partial charge on any atom is -0.444 e. The first-order valence-corrected chi connectivity index (χ1v) is 28.8. The van der Waals surface area contributed by atoms with Crippen LogP contribution < -0.4 is 4.90 Å². The second-order valence-electron chi connectivity index (χ2n) is 19.8. The van der Waals surface area contributed by atoms with E-state index in [1.165, 1.54) is 6.33 Å². The molecule has 2 aliphatic heterocycles. The molecule has 15 nitrogen and oxygen atoms in total. The summed E-state index contributed by atoms with van der Waals surface area (Å²) < 4.78 is 20.5. The van der Waals surface area contributed by atoms with Gasteiger partial charge in [0, 0.05) is 83.0 Å². The number of ether oxygens (including phenoxy) is 3. The fourth-order valence-electron chi connectivity index (χ4n) is 7.88. The van der Waals surface area contributed by atoms with E-state index in [-0.39, 0.29) is 35.8 Å². The van der Waals surface area contributed by atoms with E-state index in [9.17, 15) is 9.59 Å². The monoisotopic (exact) mass is 866 g/mol. The second-order valence-corrected chi connectivity index (χ2v) is 31.0. The Labute approximate surface area is 361 Å². The zero-order valence-corrected chi connectivity index (χ0v) is 39.2. The van der Waals surface area contributed by atoms with Gasteiger partial charge in [-0.15, -0.1) is 0 Å². The Kier molecular flexibility index (Phi) is 13.1. The van der Waals surface area contributed by atoms with Gasteiger partial charge in [0.2, 0.25) is 5.82 Å². The predicted octanol–water partition coefficient (Wildman–Crippen LogP) is 8.02. The van der Waals surface area contributed by atoms with E-state index in [4.69, 9.17) is 29.3 Å². The summed E-state index contributed by atoms with van der Waals surface area (Å²) in [5, 5.41) is 11.7. The molecular weight excluding hydrogens is 805 g/mol. The molecule has 1 unspecified atom stereocenters. The van der Waals surface area contributed by atoms with Crippen LogP contribution in [0.25, 0.3) is 28.0 Å². The third-order valence-corrected chi connectivity index (χ3v) is 14.5. The number of carbonyl (C=O) groups excluding carboxylic acids is 2. The van der Waals surface area contributed by atoms with Crippen molar-refractivity contribution >= 4 is 39.6 Å². The summed E-state index contributed by atoms with van der Waals surface area (Å²) in [5.41, 5.74) is 4.58. The van der Waals surface area contributed by atoms with E-state index in [0.717, 1.165) is 46.0 Å². The zero-order chi connectivity index (χ0) is 43.5. The smallest absolute Gasteiger partial charge is 0.410 e. The van der Waals surface area contributed by atoms with Crippen molar-refractivity contribution in [2.24, 2.45) is 0 Å². The number of piperidine rings is 1. The number of aromatic nitrogens is 7. The molecule has 0 spiro atoms. The molecule has 2 saturated heterocycles. The van der Waals surface area contributed by atoms with Gasteiger partial charge in [0.15, 0.2) is 5.65 Å². The van der Waals surface area contributed by atoms with E-state index in [1.807, 2.05) is 66.8 Å². The molecule has 2 amide bonds. The number of piperazine rings is 1. The number of aromatic amines is 1. The van der Waals surface area contributed by atoms with Crippen molar-refractivity contribution < 1.29 is 23.8 Å². The number of nitrogens with zero attached hydrogens (tertiary/aromatic N) is 9. The molecule has 7 rings (SSSR count). The van der Waals surface area contributed by atoms with Gasteiger partial charge >= 0.3 is 6.09 Å². The van der Waals surface area contributed by atoms with Crippen LogP contribution in [-0.2, 0) is 14.2 Å². The number of anilines is 1. The molecule has 61 heavy (non-hydrogen) atoms. The number of pyridine rings is 1. The highest BCUT2D eigenvalue weighted by Gasteiger charge is 2.47. The third kappa shape index (κ3) is 11.1. The average Bonchev–Trinajstić information content (AvgIpc) is 3.89. The summed E-state index contributed by atoms with van der Waals surface area (Å²) >= 11 is 0. The normalized spacial score (nSPS) is 18.4. The van der Waals surface area contributed by atoms with Crippen molar-refractivity contribution in [3.63, 3.8) is 0 Å². The lowest BCUT2D eigenvalue weighted by atomic mass is 9.81. The third-order valence-electron chi connectivity index (χ3n) is 11.1. The maximum atomic E-state index is 14.0. The van der Waals surface area contributed by atoms with Gasteiger partial charge in [-0.1, -0.05) is 75.7 Å². The first-order chi connectivity index (χ1) is 28.9. The number of hydrogen-bond acceptors (Lipinski definition) is 11.